The summed E-state index contributed by atoms with van der Waals surface area (Å²) in [6.07, 6.45) is -17.9. The van der Waals surface area contributed by atoms with E-state index in [0.29, 0.717) is 0 Å². The standard InChI is InChI=1S/C10H14F8O4/c1-3-19-4-9(15,16)22-10(17,18)6-20-5-8(13,14)21-7(2,11)12/h3-6H2,1-2H3. The summed E-state index contributed by atoms with van der Waals surface area (Å²) in [5.74, 6) is 0. The molecule has 4 nitrogen and oxygen atoms in total. The predicted octanol–water partition coefficient (Wildman–Crippen LogP) is 3.46. The molecule has 0 fully saturated rings. The van der Waals surface area contributed by atoms with E-state index in [0.717, 1.165) is 0 Å². The average molecular weight is 350 g/mol. The first kappa shape index (κ1) is 21.3. The lowest BCUT2D eigenvalue weighted by atomic mass is 10.6. The summed E-state index contributed by atoms with van der Waals surface area (Å²) in [4.78, 5) is 0. The van der Waals surface area contributed by atoms with Crippen molar-refractivity contribution in [2.24, 2.45) is 0 Å². The predicted molar refractivity (Wildman–Crippen MR) is 54.9 cm³/mol. The van der Waals surface area contributed by atoms with Crippen LogP contribution in [0.4, 0.5) is 35.1 Å². The Morgan fingerprint density at radius 3 is 1.36 bits per heavy atom. The Hall–Kier alpha value is -0.720. The maximum Gasteiger partial charge on any atom is 0.383 e. The summed E-state index contributed by atoms with van der Waals surface area (Å²) in [5, 5.41) is 0. The van der Waals surface area contributed by atoms with Crippen LogP contribution in [-0.2, 0) is 18.9 Å². The van der Waals surface area contributed by atoms with Crippen LogP contribution in [0.25, 0.3) is 0 Å². The molecule has 22 heavy (non-hydrogen) atoms. The molecule has 0 unspecified atom stereocenters. The quantitative estimate of drug-likeness (QED) is 0.535. The van der Waals surface area contributed by atoms with E-state index < -0.39 is 44.3 Å². The first-order valence-electron chi connectivity index (χ1n) is 5.75. The smallest absolute Gasteiger partial charge is 0.373 e. The van der Waals surface area contributed by atoms with Gasteiger partial charge in [0.15, 0.2) is 0 Å². The van der Waals surface area contributed by atoms with E-state index in [-0.39, 0.29) is 13.5 Å². The van der Waals surface area contributed by atoms with Gasteiger partial charge < -0.3 is 9.47 Å². The van der Waals surface area contributed by atoms with E-state index in [1.54, 1.807) is 0 Å². The van der Waals surface area contributed by atoms with Gasteiger partial charge in [-0.2, -0.15) is 35.1 Å². The maximum atomic E-state index is 12.9. The van der Waals surface area contributed by atoms with Gasteiger partial charge in [0.2, 0.25) is 0 Å². The minimum absolute atomic E-state index is 0.00703. The van der Waals surface area contributed by atoms with Crippen LogP contribution < -0.4 is 0 Å². The van der Waals surface area contributed by atoms with Crippen molar-refractivity contribution < 1.29 is 54.1 Å². The van der Waals surface area contributed by atoms with Crippen LogP contribution in [-0.4, -0.2) is 50.9 Å². The topological polar surface area (TPSA) is 36.9 Å². The molecule has 0 saturated heterocycles. The molecular weight excluding hydrogens is 336 g/mol. The van der Waals surface area contributed by atoms with E-state index in [9.17, 15) is 35.1 Å². The SMILES string of the molecule is CCOCC(F)(F)OC(F)(F)COCC(F)(F)OC(C)(F)F. The van der Waals surface area contributed by atoms with Crippen molar-refractivity contribution in [1.29, 1.82) is 0 Å². The van der Waals surface area contributed by atoms with Crippen LogP contribution in [0.2, 0.25) is 0 Å². The molecule has 0 bridgehead atoms. The summed E-state index contributed by atoms with van der Waals surface area (Å²) in [5.41, 5.74) is 0. The number of alkyl halides is 8. The van der Waals surface area contributed by atoms with Crippen molar-refractivity contribution in [3.63, 3.8) is 0 Å². The molecule has 0 aliphatic carbocycles. The molecule has 0 radical (unpaired) electrons. The molecule has 0 heterocycles. The van der Waals surface area contributed by atoms with Crippen LogP contribution in [0, 0.1) is 0 Å². The number of hydrogen-bond acceptors (Lipinski definition) is 4. The summed E-state index contributed by atoms with van der Waals surface area (Å²) in [6, 6.07) is 0. The second-order valence-electron chi connectivity index (χ2n) is 4.05. The van der Waals surface area contributed by atoms with Gasteiger partial charge in [0, 0.05) is 13.5 Å². The number of rotatable bonds is 11. The van der Waals surface area contributed by atoms with Gasteiger partial charge in [0.1, 0.15) is 19.8 Å². The Morgan fingerprint density at radius 2 is 1.00 bits per heavy atom. The number of ether oxygens (including phenoxy) is 4. The van der Waals surface area contributed by atoms with Gasteiger partial charge in [-0.25, -0.2) is 0 Å². The first-order chi connectivity index (χ1) is 9.68. The monoisotopic (exact) mass is 350 g/mol. The molecular formula is C10H14F8O4. The Bertz CT molecular complexity index is 331. The van der Waals surface area contributed by atoms with Gasteiger partial charge in [-0.05, 0) is 6.92 Å². The van der Waals surface area contributed by atoms with Crippen molar-refractivity contribution in [2.45, 2.75) is 38.3 Å². The first-order valence-corrected chi connectivity index (χ1v) is 5.75. The molecule has 0 rings (SSSR count). The summed E-state index contributed by atoms with van der Waals surface area (Å²) >= 11 is 0. The third kappa shape index (κ3) is 10.9. The molecule has 0 atom stereocenters. The van der Waals surface area contributed by atoms with Crippen LogP contribution in [0.5, 0.6) is 0 Å². The van der Waals surface area contributed by atoms with Gasteiger partial charge in [-0.3, -0.25) is 9.47 Å². The van der Waals surface area contributed by atoms with Gasteiger partial charge in [0.25, 0.3) is 0 Å². The molecule has 0 spiro atoms. The van der Waals surface area contributed by atoms with Crippen LogP contribution in [0.3, 0.4) is 0 Å². The van der Waals surface area contributed by atoms with E-state index in [1.165, 1.54) is 6.92 Å². The van der Waals surface area contributed by atoms with Gasteiger partial charge >= 0.3 is 24.4 Å². The largest absolute Gasteiger partial charge is 0.383 e. The maximum absolute atomic E-state index is 12.9. The van der Waals surface area contributed by atoms with Crippen LogP contribution >= 0.6 is 0 Å². The Balaban J connectivity index is 4.32. The Kier molecular flexibility index (Phi) is 7.45. The lowest BCUT2D eigenvalue weighted by Gasteiger charge is -2.25. The molecule has 0 aliphatic heterocycles. The molecule has 0 amide bonds. The average Bonchev–Trinajstić information content (AvgIpc) is 2.20. The van der Waals surface area contributed by atoms with E-state index in [2.05, 4.69) is 18.9 Å². The van der Waals surface area contributed by atoms with Gasteiger partial charge in [-0.15, -0.1) is 0 Å². The normalized spacial score (nSPS) is 14.5. The molecule has 0 aromatic rings. The Labute approximate surface area is 120 Å². The summed E-state index contributed by atoms with van der Waals surface area (Å²) in [7, 11) is 0. The second-order valence-corrected chi connectivity index (χ2v) is 4.05. The zero-order valence-electron chi connectivity index (χ0n) is 11.5. The summed E-state index contributed by atoms with van der Waals surface area (Å²) < 4.78 is 115. The molecule has 134 valence electrons. The van der Waals surface area contributed by atoms with Gasteiger partial charge in [0.05, 0.1) is 0 Å². The number of hydrogen-bond donors (Lipinski definition) is 0. The number of halogens is 8. The molecule has 0 aromatic heterocycles. The van der Waals surface area contributed by atoms with Crippen molar-refractivity contribution in [3.8, 4) is 0 Å². The fourth-order valence-electron chi connectivity index (χ4n) is 1.08. The lowest BCUT2D eigenvalue weighted by molar-refractivity contribution is -0.405. The highest BCUT2D eigenvalue weighted by Gasteiger charge is 2.46. The lowest BCUT2D eigenvalue weighted by Crippen LogP contribution is -2.41. The van der Waals surface area contributed by atoms with E-state index in [4.69, 9.17) is 0 Å². The molecule has 12 heteroatoms. The van der Waals surface area contributed by atoms with Crippen molar-refractivity contribution in [3.05, 3.63) is 0 Å². The Morgan fingerprint density at radius 1 is 0.636 bits per heavy atom. The van der Waals surface area contributed by atoms with Crippen molar-refractivity contribution in [1.82, 2.24) is 0 Å². The zero-order chi connectivity index (χ0) is 17.7. The second kappa shape index (κ2) is 7.70. The van der Waals surface area contributed by atoms with E-state index in [1.807, 2.05) is 0 Å². The third-order valence-corrected chi connectivity index (χ3v) is 1.64. The summed E-state index contributed by atoms with van der Waals surface area (Å²) in [6.45, 7) is -4.40. The van der Waals surface area contributed by atoms with E-state index >= 15 is 0 Å². The highest BCUT2D eigenvalue weighted by atomic mass is 19.3. The van der Waals surface area contributed by atoms with Crippen LogP contribution in [0.15, 0.2) is 0 Å². The van der Waals surface area contributed by atoms with Gasteiger partial charge in [-0.1, -0.05) is 0 Å². The molecule has 0 saturated carbocycles. The fourth-order valence-corrected chi connectivity index (χ4v) is 1.08. The molecule has 0 aromatic carbocycles. The molecule has 0 N–H and O–H groups in total. The third-order valence-electron chi connectivity index (χ3n) is 1.64. The molecule has 0 aliphatic rings. The highest BCUT2D eigenvalue weighted by molar-refractivity contribution is 4.60. The van der Waals surface area contributed by atoms with Crippen molar-refractivity contribution in [2.75, 3.05) is 26.4 Å². The zero-order valence-corrected chi connectivity index (χ0v) is 11.5. The van der Waals surface area contributed by atoms with Crippen LogP contribution in [0.1, 0.15) is 13.8 Å². The van der Waals surface area contributed by atoms with Crippen molar-refractivity contribution >= 4 is 0 Å². The highest BCUT2D eigenvalue weighted by Crippen LogP contribution is 2.30. The minimum atomic E-state index is -4.65. The minimum Gasteiger partial charge on any atom is -0.373 e. The fraction of sp³-hybridized carbons (Fsp3) is 1.00.